The second-order valence-electron chi connectivity index (χ2n) is 6.60. The molecule has 0 bridgehead atoms. The highest BCUT2D eigenvalue weighted by molar-refractivity contribution is 8.01. The van der Waals surface area contributed by atoms with E-state index < -0.39 is 0 Å². The largest absolute Gasteiger partial charge is 0.360 e. The van der Waals surface area contributed by atoms with Crippen molar-refractivity contribution in [1.29, 1.82) is 0 Å². The number of unbranched alkanes of at least 4 members (excludes halogenated alkanes) is 1. The summed E-state index contributed by atoms with van der Waals surface area (Å²) in [5.41, 5.74) is 1.15. The van der Waals surface area contributed by atoms with Gasteiger partial charge in [0, 0.05) is 6.54 Å². The molecule has 1 aromatic heterocycles. The van der Waals surface area contributed by atoms with Crippen molar-refractivity contribution < 1.29 is 4.79 Å². The normalized spacial score (nSPS) is 12.2. The quantitative estimate of drug-likeness (QED) is 0.427. The fraction of sp³-hybridized carbons (Fsp3) is 0.526. The third kappa shape index (κ3) is 7.33. The first-order chi connectivity index (χ1) is 12.6. The molecule has 5 nitrogen and oxygen atoms in total. The highest BCUT2D eigenvalue weighted by Crippen LogP contribution is 2.26. The van der Waals surface area contributed by atoms with E-state index in [0.717, 1.165) is 40.8 Å². The van der Waals surface area contributed by atoms with E-state index in [1.54, 1.807) is 0 Å². The SMILES string of the molecule is CCCCNc1nnc(SCC(=O)NC(CC(C)C)c2ccccc2)s1. The minimum atomic E-state index is 0.0280. The molecule has 0 aliphatic carbocycles. The minimum absolute atomic E-state index is 0.0280. The lowest BCUT2D eigenvalue weighted by atomic mass is 9.97. The van der Waals surface area contributed by atoms with E-state index in [1.165, 1.54) is 23.1 Å². The standard InChI is InChI=1S/C19H28N4OS2/c1-4-5-11-20-18-22-23-19(26-18)25-13-17(24)21-16(12-14(2)3)15-9-7-6-8-10-15/h6-10,14,16H,4-5,11-13H2,1-3H3,(H,20,22)(H,21,24). The molecule has 0 radical (unpaired) electrons. The molecule has 1 heterocycles. The van der Waals surface area contributed by atoms with E-state index in [2.05, 4.69) is 53.7 Å². The summed E-state index contributed by atoms with van der Waals surface area (Å²) in [5.74, 6) is 0.888. The maximum absolute atomic E-state index is 12.4. The second kappa shape index (κ2) is 11.2. The molecular formula is C19H28N4OS2. The smallest absolute Gasteiger partial charge is 0.230 e. The van der Waals surface area contributed by atoms with Crippen molar-refractivity contribution in [1.82, 2.24) is 15.5 Å². The van der Waals surface area contributed by atoms with Crippen LogP contribution in [-0.2, 0) is 4.79 Å². The highest BCUT2D eigenvalue weighted by Gasteiger charge is 2.16. The Morgan fingerprint density at radius 3 is 2.69 bits per heavy atom. The fourth-order valence-electron chi connectivity index (χ4n) is 2.51. The molecule has 7 heteroatoms. The number of carbonyl (C=O) groups excluding carboxylic acids is 1. The van der Waals surface area contributed by atoms with E-state index in [0.29, 0.717) is 11.7 Å². The third-order valence-electron chi connectivity index (χ3n) is 3.78. The number of anilines is 1. The summed E-state index contributed by atoms with van der Waals surface area (Å²) in [6, 6.07) is 10.2. The van der Waals surface area contributed by atoms with Crippen molar-refractivity contribution in [2.24, 2.45) is 5.92 Å². The van der Waals surface area contributed by atoms with Crippen LogP contribution >= 0.6 is 23.1 Å². The van der Waals surface area contributed by atoms with Crippen molar-refractivity contribution in [2.75, 3.05) is 17.6 Å². The lowest BCUT2D eigenvalue weighted by molar-refractivity contribution is -0.119. The Hall–Kier alpha value is -1.60. The zero-order chi connectivity index (χ0) is 18.8. The van der Waals surface area contributed by atoms with Crippen LogP contribution < -0.4 is 10.6 Å². The first-order valence-corrected chi connectivity index (χ1v) is 10.9. The number of nitrogens with one attached hydrogen (secondary N) is 2. The van der Waals surface area contributed by atoms with Gasteiger partial charge in [-0.05, 0) is 24.3 Å². The predicted octanol–water partition coefficient (Wildman–Crippen LogP) is 4.75. The van der Waals surface area contributed by atoms with Gasteiger partial charge in [0.05, 0.1) is 11.8 Å². The Bertz CT molecular complexity index is 661. The first-order valence-electron chi connectivity index (χ1n) is 9.13. The maximum Gasteiger partial charge on any atom is 0.230 e. The van der Waals surface area contributed by atoms with E-state index in [9.17, 15) is 4.79 Å². The molecule has 1 aromatic carbocycles. The van der Waals surface area contributed by atoms with Crippen LogP contribution in [0.1, 0.15) is 51.6 Å². The molecule has 0 saturated carbocycles. The van der Waals surface area contributed by atoms with Crippen molar-refractivity contribution in [3.05, 3.63) is 35.9 Å². The summed E-state index contributed by atoms with van der Waals surface area (Å²) in [7, 11) is 0. The van der Waals surface area contributed by atoms with Gasteiger partial charge < -0.3 is 10.6 Å². The number of hydrogen-bond acceptors (Lipinski definition) is 6. The van der Waals surface area contributed by atoms with Crippen molar-refractivity contribution in [3.63, 3.8) is 0 Å². The third-order valence-corrected chi connectivity index (χ3v) is 5.80. The number of amides is 1. The van der Waals surface area contributed by atoms with Gasteiger partial charge in [0.2, 0.25) is 11.0 Å². The van der Waals surface area contributed by atoms with E-state index in [-0.39, 0.29) is 11.9 Å². The summed E-state index contributed by atoms with van der Waals surface area (Å²) in [5, 5.41) is 15.5. The molecule has 26 heavy (non-hydrogen) atoms. The number of thioether (sulfide) groups is 1. The van der Waals surface area contributed by atoms with Crippen LogP contribution in [0, 0.1) is 5.92 Å². The van der Waals surface area contributed by atoms with Gasteiger partial charge in [-0.15, -0.1) is 10.2 Å². The van der Waals surface area contributed by atoms with Crippen LogP contribution in [0.4, 0.5) is 5.13 Å². The second-order valence-corrected chi connectivity index (χ2v) is 8.80. The number of aromatic nitrogens is 2. The number of hydrogen-bond donors (Lipinski definition) is 2. The van der Waals surface area contributed by atoms with Crippen LogP contribution in [0.2, 0.25) is 0 Å². The van der Waals surface area contributed by atoms with Crippen LogP contribution in [-0.4, -0.2) is 28.4 Å². The van der Waals surface area contributed by atoms with Gasteiger partial charge in [-0.3, -0.25) is 4.79 Å². The average Bonchev–Trinajstić information content (AvgIpc) is 3.08. The Labute approximate surface area is 164 Å². The molecule has 0 saturated heterocycles. The van der Waals surface area contributed by atoms with Gasteiger partial charge in [0.15, 0.2) is 4.34 Å². The van der Waals surface area contributed by atoms with E-state index in [4.69, 9.17) is 0 Å². The monoisotopic (exact) mass is 392 g/mol. The molecule has 2 aromatic rings. The Morgan fingerprint density at radius 2 is 2.00 bits per heavy atom. The van der Waals surface area contributed by atoms with Gasteiger partial charge in [0.1, 0.15) is 0 Å². The average molecular weight is 393 g/mol. The molecule has 0 fully saturated rings. The zero-order valence-corrected chi connectivity index (χ0v) is 17.3. The lowest BCUT2D eigenvalue weighted by Gasteiger charge is -2.21. The summed E-state index contributed by atoms with van der Waals surface area (Å²) in [4.78, 5) is 12.4. The molecule has 2 N–H and O–H groups in total. The van der Waals surface area contributed by atoms with Crippen LogP contribution in [0.25, 0.3) is 0 Å². The summed E-state index contributed by atoms with van der Waals surface area (Å²) >= 11 is 2.94. The summed E-state index contributed by atoms with van der Waals surface area (Å²) < 4.78 is 0.819. The fourth-order valence-corrected chi connectivity index (χ4v) is 4.10. The molecule has 142 valence electrons. The number of benzene rings is 1. The van der Waals surface area contributed by atoms with Gasteiger partial charge in [-0.25, -0.2) is 0 Å². The Balaban J connectivity index is 1.84. The maximum atomic E-state index is 12.4. The van der Waals surface area contributed by atoms with Crippen molar-refractivity contribution >= 4 is 34.1 Å². The molecular weight excluding hydrogens is 364 g/mol. The Morgan fingerprint density at radius 1 is 1.23 bits per heavy atom. The Kier molecular flexibility index (Phi) is 8.91. The highest BCUT2D eigenvalue weighted by atomic mass is 32.2. The van der Waals surface area contributed by atoms with Crippen molar-refractivity contribution in [2.45, 2.75) is 50.4 Å². The van der Waals surface area contributed by atoms with Crippen LogP contribution in [0.3, 0.4) is 0 Å². The van der Waals surface area contributed by atoms with Gasteiger partial charge in [0.25, 0.3) is 0 Å². The predicted molar refractivity (Wildman–Crippen MR) is 111 cm³/mol. The molecule has 1 unspecified atom stereocenters. The molecule has 0 aliphatic heterocycles. The number of rotatable bonds is 11. The molecule has 1 atom stereocenters. The number of nitrogens with zero attached hydrogens (tertiary/aromatic N) is 2. The van der Waals surface area contributed by atoms with E-state index >= 15 is 0 Å². The van der Waals surface area contributed by atoms with E-state index in [1.807, 2.05) is 18.2 Å². The van der Waals surface area contributed by atoms with Gasteiger partial charge in [-0.1, -0.05) is 80.6 Å². The summed E-state index contributed by atoms with van der Waals surface area (Å²) in [6.45, 7) is 7.41. The minimum Gasteiger partial charge on any atom is -0.360 e. The zero-order valence-electron chi connectivity index (χ0n) is 15.7. The number of carbonyl (C=O) groups is 1. The molecule has 0 aliphatic rings. The van der Waals surface area contributed by atoms with Gasteiger partial charge >= 0.3 is 0 Å². The molecule has 0 spiro atoms. The van der Waals surface area contributed by atoms with Crippen molar-refractivity contribution in [3.8, 4) is 0 Å². The van der Waals surface area contributed by atoms with Crippen LogP contribution in [0.5, 0.6) is 0 Å². The van der Waals surface area contributed by atoms with Crippen LogP contribution in [0.15, 0.2) is 34.7 Å². The summed E-state index contributed by atoms with van der Waals surface area (Å²) in [6.07, 6.45) is 3.18. The lowest BCUT2D eigenvalue weighted by Crippen LogP contribution is -2.30. The topological polar surface area (TPSA) is 66.9 Å². The molecule has 1 amide bonds. The first kappa shape index (κ1) is 20.7. The van der Waals surface area contributed by atoms with Gasteiger partial charge in [-0.2, -0.15) is 0 Å². The molecule has 2 rings (SSSR count).